The van der Waals surface area contributed by atoms with E-state index in [2.05, 4.69) is 15.3 Å². The van der Waals surface area contributed by atoms with Crippen LogP contribution in [0.2, 0.25) is 0 Å². The van der Waals surface area contributed by atoms with E-state index in [9.17, 15) is 4.79 Å². The van der Waals surface area contributed by atoms with Gasteiger partial charge in [-0.25, -0.2) is 9.78 Å². The topological polar surface area (TPSA) is 67.0 Å². The van der Waals surface area contributed by atoms with E-state index in [-0.39, 0.29) is 5.54 Å². The molecule has 2 aromatic rings. The van der Waals surface area contributed by atoms with E-state index < -0.39 is 11.7 Å². The Kier molecular flexibility index (Phi) is 2.74. The van der Waals surface area contributed by atoms with E-state index in [1.54, 1.807) is 0 Å². The summed E-state index contributed by atoms with van der Waals surface area (Å²) in [4.78, 5) is 19.8. The number of fused-ring (bicyclic) bond motifs is 1. The van der Waals surface area contributed by atoms with Crippen molar-refractivity contribution in [1.82, 2.24) is 15.3 Å². The van der Waals surface area contributed by atoms with E-state index in [1.165, 1.54) is 0 Å². The van der Waals surface area contributed by atoms with Crippen LogP contribution >= 0.6 is 0 Å². The van der Waals surface area contributed by atoms with Crippen molar-refractivity contribution in [3.63, 3.8) is 0 Å². The second kappa shape index (κ2) is 4.23. The number of H-pyrrole nitrogens is 1. The summed E-state index contributed by atoms with van der Waals surface area (Å²) < 4.78 is 5.32. The Morgan fingerprint density at radius 3 is 2.65 bits per heavy atom. The molecule has 0 aliphatic heterocycles. The van der Waals surface area contributed by atoms with E-state index >= 15 is 0 Å². The molecule has 0 atom stereocenters. The monoisotopic (exact) mass is 273 g/mol. The Bertz CT molecular complexity index is 617. The summed E-state index contributed by atoms with van der Waals surface area (Å²) in [5.41, 5.74) is 1.02. The second-order valence-electron chi connectivity index (χ2n) is 6.31. The summed E-state index contributed by atoms with van der Waals surface area (Å²) in [7, 11) is 0. The van der Waals surface area contributed by atoms with Crippen LogP contribution in [0.4, 0.5) is 4.79 Å². The highest BCUT2D eigenvalue weighted by Crippen LogP contribution is 2.44. The third kappa shape index (κ3) is 2.48. The second-order valence-corrected chi connectivity index (χ2v) is 6.31. The van der Waals surface area contributed by atoms with Gasteiger partial charge in [0.2, 0.25) is 0 Å². The predicted octanol–water partition coefficient (Wildman–Crippen LogP) is 3.08. The number of aromatic nitrogens is 2. The van der Waals surface area contributed by atoms with E-state index in [4.69, 9.17) is 4.74 Å². The fourth-order valence-corrected chi connectivity index (χ4v) is 2.22. The van der Waals surface area contributed by atoms with Crippen molar-refractivity contribution in [3.05, 3.63) is 30.1 Å². The van der Waals surface area contributed by atoms with Crippen LogP contribution < -0.4 is 5.32 Å². The molecule has 106 valence electrons. The van der Waals surface area contributed by atoms with Gasteiger partial charge in [0.15, 0.2) is 0 Å². The molecule has 0 spiro atoms. The van der Waals surface area contributed by atoms with Crippen LogP contribution in [0.3, 0.4) is 0 Å². The number of benzene rings is 1. The minimum Gasteiger partial charge on any atom is -0.444 e. The van der Waals surface area contributed by atoms with Crippen LogP contribution in [0, 0.1) is 0 Å². The molecule has 0 saturated heterocycles. The molecule has 1 aliphatic rings. The highest BCUT2D eigenvalue weighted by atomic mass is 16.6. The lowest BCUT2D eigenvalue weighted by atomic mass is 10.2. The van der Waals surface area contributed by atoms with Gasteiger partial charge in [-0.15, -0.1) is 0 Å². The summed E-state index contributed by atoms with van der Waals surface area (Å²) in [5, 5.41) is 2.95. The molecule has 2 N–H and O–H groups in total. The first-order valence-corrected chi connectivity index (χ1v) is 6.84. The maximum absolute atomic E-state index is 11.9. The molecular weight excluding hydrogens is 254 g/mol. The number of hydrogen-bond donors (Lipinski definition) is 2. The van der Waals surface area contributed by atoms with Crippen LogP contribution in [-0.2, 0) is 10.3 Å². The van der Waals surface area contributed by atoms with Gasteiger partial charge in [0.1, 0.15) is 17.0 Å². The summed E-state index contributed by atoms with van der Waals surface area (Å²) in [6.07, 6.45) is 1.37. The van der Waals surface area contributed by atoms with Gasteiger partial charge in [-0.3, -0.25) is 0 Å². The van der Waals surface area contributed by atoms with Crippen LogP contribution in [0.1, 0.15) is 39.4 Å². The van der Waals surface area contributed by atoms with Gasteiger partial charge in [0, 0.05) is 0 Å². The molecule has 3 rings (SSSR count). The van der Waals surface area contributed by atoms with Gasteiger partial charge < -0.3 is 15.0 Å². The highest BCUT2D eigenvalue weighted by Gasteiger charge is 2.49. The number of ether oxygens (including phenoxy) is 1. The molecule has 1 heterocycles. The number of hydrogen-bond acceptors (Lipinski definition) is 3. The number of carbonyl (C=O) groups is 1. The number of para-hydroxylation sites is 2. The molecule has 0 unspecified atom stereocenters. The zero-order valence-electron chi connectivity index (χ0n) is 12.0. The van der Waals surface area contributed by atoms with Crippen LogP contribution in [-0.4, -0.2) is 21.7 Å². The molecule has 1 aromatic carbocycles. The van der Waals surface area contributed by atoms with E-state index in [0.717, 1.165) is 29.7 Å². The standard InChI is InChI=1S/C15H19N3O2/c1-14(2,3)20-13(19)18-15(8-9-15)12-16-10-6-4-5-7-11(10)17-12/h4-7H,8-9H2,1-3H3,(H,16,17)(H,18,19). The molecule has 0 bridgehead atoms. The molecule has 20 heavy (non-hydrogen) atoms. The Hall–Kier alpha value is -2.04. The van der Waals surface area contributed by atoms with Crippen molar-refractivity contribution < 1.29 is 9.53 Å². The number of carbonyl (C=O) groups excluding carboxylic acids is 1. The molecule has 1 fully saturated rings. The fourth-order valence-electron chi connectivity index (χ4n) is 2.22. The van der Waals surface area contributed by atoms with Gasteiger partial charge in [0.05, 0.1) is 11.0 Å². The lowest BCUT2D eigenvalue weighted by Crippen LogP contribution is -2.39. The lowest BCUT2D eigenvalue weighted by Gasteiger charge is -2.22. The molecule has 0 radical (unpaired) electrons. The summed E-state index contributed by atoms with van der Waals surface area (Å²) in [6, 6.07) is 7.85. The summed E-state index contributed by atoms with van der Waals surface area (Å²) in [5.74, 6) is 0.810. The SMILES string of the molecule is CC(C)(C)OC(=O)NC1(c2nc3ccccc3[nH]2)CC1. The average Bonchev–Trinajstić information content (AvgIpc) is 2.97. The first kappa shape index (κ1) is 13.0. The number of alkyl carbamates (subject to hydrolysis) is 1. The van der Waals surface area contributed by atoms with Gasteiger partial charge in [0.25, 0.3) is 0 Å². The number of aromatic amines is 1. The number of rotatable bonds is 2. The number of nitrogens with zero attached hydrogens (tertiary/aromatic N) is 1. The van der Waals surface area contributed by atoms with Crippen LogP contribution in [0.25, 0.3) is 11.0 Å². The third-order valence-electron chi connectivity index (χ3n) is 3.33. The highest BCUT2D eigenvalue weighted by molar-refractivity contribution is 5.76. The van der Waals surface area contributed by atoms with E-state index in [1.807, 2.05) is 45.0 Å². The minimum atomic E-state index is -0.492. The maximum Gasteiger partial charge on any atom is 0.408 e. The zero-order valence-corrected chi connectivity index (χ0v) is 12.0. The van der Waals surface area contributed by atoms with E-state index in [0.29, 0.717) is 0 Å². The first-order chi connectivity index (χ1) is 9.38. The van der Waals surface area contributed by atoms with Crippen LogP contribution in [0.5, 0.6) is 0 Å². The lowest BCUT2D eigenvalue weighted by molar-refractivity contribution is 0.0492. The van der Waals surface area contributed by atoms with Crippen molar-refractivity contribution in [2.24, 2.45) is 0 Å². The zero-order chi connectivity index (χ0) is 14.4. The normalized spacial score (nSPS) is 16.9. The molecule has 1 aliphatic carbocycles. The minimum absolute atomic E-state index is 0.388. The number of amides is 1. The molecule has 1 aromatic heterocycles. The summed E-state index contributed by atoms with van der Waals surface area (Å²) in [6.45, 7) is 5.56. The smallest absolute Gasteiger partial charge is 0.408 e. The quantitative estimate of drug-likeness (QED) is 0.883. The fraction of sp³-hybridized carbons (Fsp3) is 0.467. The largest absolute Gasteiger partial charge is 0.444 e. The number of nitrogens with one attached hydrogen (secondary N) is 2. The third-order valence-corrected chi connectivity index (χ3v) is 3.33. The first-order valence-electron chi connectivity index (χ1n) is 6.84. The molecule has 1 amide bonds. The molecule has 5 heteroatoms. The van der Waals surface area contributed by atoms with Gasteiger partial charge >= 0.3 is 6.09 Å². The van der Waals surface area contributed by atoms with Crippen molar-refractivity contribution >= 4 is 17.1 Å². The van der Waals surface area contributed by atoms with Crippen molar-refractivity contribution in [1.29, 1.82) is 0 Å². The molecule has 1 saturated carbocycles. The van der Waals surface area contributed by atoms with Gasteiger partial charge in [-0.1, -0.05) is 12.1 Å². The van der Waals surface area contributed by atoms with Crippen molar-refractivity contribution in [2.45, 2.75) is 44.8 Å². The Labute approximate surface area is 117 Å². The molecule has 5 nitrogen and oxygen atoms in total. The predicted molar refractivity (Wildman–Crippen MR) is 76.4 cm³/mol. The Balaban J connectivity index is 1.80. The van der Waals surface area contributed by atoms with Gasteiger partial charge in [-0.05, 0) is 45.7 Å². The van der Waals surface area contributed by atoms with Crippen molar-refractivity contribution in [3.8, 4) is 0 Å². The molecular formula is C15H19N3O2. The average molecular weight is 273 g/mol. The van der Waals surface area contributed by atoms with Crippen LogP contribution in [0.15, 0.2) is 24.3 Å². The van der Waals surface area contributed by atoms with Gasteiger partial charge in [-0.2, -0.15) is 0 Å². The number of imidazole rings is 1. The van der Waals surface area contributed by atoms with Crippen molar-refractivity contribution in [2.75, 3.05) is 0 Å². The Morgan fingerprint density at radius 1 is 1.35 bits per heavy atom. The Morgan fingerprint density at radius 2 is 2.05 bits per heavy atom. The maximum atomic E-state index is 11.9. The summed E-state index contributed by atoms with van der Waals surface area (Å²) >= 11 is 0.